The average molecular weight is 259 g/mol. The van der Waals surface area contributed by atoms with Gasteiger partial charge in [-0.3, -0.25) is 4.79 Å². The van der Waals surface area contributed by atoms with E-state index in [1.165, 1.54) is 25.3 Å². The second-order valence-corrected chi connectivity index (χ2v) is 3.78. The Balaban J connectivity index is 2.81. The van der Waals surface area contributed by atoms with Crippen molar-refractivity contribution in [1.82, 2.24) is 10.3 Å². The first-order chi connectivity index (χ1) is 7.91. The highest BCUT2D eigenvalue weighted by molar-refractivity contribution is 6.29. The number of carbonyl (C=O) groups is 2. The van der Waals surface area contributed by atoms with Gasteiger partial charge in [0.05, 0.1) is 6.10 Å². The smallest absolute Gasteiger partial charge is 0.328 e. The van der Waals surface area contributed by atoms with Crippen LogP contribution in [0.3, 0.4) is 0 Å². The van der Waals surface area contributed by atoms with Crippen LogP contribution in [0, 0.1) is 0 Å². The lowest BCUT2D eigenvalue weighted by molar-refractivity contribution is -0.141. The summed E-state index contributed by atoms with van der Waals surface area (Å²) in [5.74, 6) is -1.95. The molecule has 0 saturated carbocycles. The number of aliphatic carboxylic acids is 1. The van der Waals surface area contributed by atoms with Gasteiger partial charge in [-0.2, -0.15) is 0 Å². The summed E-state index contributed by atoms with van der Waals surface area (Å²) < 4.78 is 0. The van der Waals surface area contributed by atoms with Crippen LogP contribution in [0.1, 0.15) is 17.3 Å². The summed E-state index contributed by atoms with van der Waals surface area (Å²) in [6, 6.07) is 1.33. The molecular formula is C10H11ClN2O4. The van der Waals surface area contributed by atoms with Crippen LogP contribution in [0.5, 0.6) is 0 Å². The van der Waals surface area contributed by atoms with Crippen LogP contribution >= 0.6 is 11.6 Å². The second kappa shape index (κ2) is 5.60. The van der Waals surface area contributed by atoms with Crippen LogP contribution in [0.15, 0.2) is 18.3 Å². The average Bonchev–Trinajstić information content (AvgIpc) is 2.24. The van der Waals surface area contributed by atoms with Gasteiger partial charge >= 0.3 is 5.97 Å². The molecule has 92 valence electrons. The zero-order chi connectivity index (χ0) is 13.0. The van der Waals surface area contributed by atoms with Crippen LogP contribution < -0.4 is 5.32 Å². The lowest BCUT2D eigenvalue weighted by Crippen LogP contribution is -2.47. The number of amides is 1. The number of nitrogens with one attached hydrogen (secondary N) is 1. The van der Waals surface area contributed by atoms with Crippen LogP contribution in [0.25, 0.3) is 0 Å². The number of hydrogen-bond donors (Lipinski definition) is 3. The zero-order valence-electron chi connectivity index (χ0n) is 8.92. The molecule has 0 aliphatic heterocycles. The molecule has 1 amide bonds. The molecule has 1 aromatic heterocycles. The third-order valence-corrected chi connectivity index (χ3v) is 2.23. The molecule has 0 aliphatic rings. The first-order valence-electron chi connectivity index (χ1n) is 4.75. The maximum Gasteiger partial charge on any atom is 0.328 e. The molecule has 0 spiro atoms. The number of aliphatic hydroxyl groups is 1. The molecule has 0 radical (unpaired) electrons. The number of pyridine rings is 1. The Morgan fingerprint density at radius 2 is 2.18 bits per heavy atom. The fourth-order valence-electron chi connectivity index (χ4n) is 1.16. The highest BCUT2D eigenvalue weighted by atomic mass is 35.5. The van der Waals surface area contributed by atoms with Crippen LogP contribution in [-0.4, -0.2) is 39.2 Å². The standard InChI is InChI=1S/C10H11ClN2O4/c1-5(14)8(10(16)17)13-9(15)6-2-3-12-7(11)4-6/h2-5,8,14H,1H3,(H,13,15)(H,16,17). The maximum absolute atomic E-state index is 11.6. The number of carboxylic acid groups (broad SMARTS) is 1. The second-order valence-electron chi connectivity index (χ2n) is 3.40. The number of rotatable bonds is 4. The van der Waals surface area contributed by atoms with E-state index in [9.17, 15) is 14.7 Å². The van der Waals surface area contributed by atoms with Gasteiger partial charge in [0.25, 0.3) is 5.91 Å². The Kier molecular flexibility index (Phi) is 4.42. The number of hydrogen-bond acceptors (Lipinski definition) is 4. The molecule has 0 fully saturated rings. The zero-order valence-corrected chi connectivity index (χ0v) is 9.68. The number of carbonyl (C=O) groups excluding carboxylic acids is 1. The van der Waals surface area contributed by atoms with Crippen molar-refractivity contribution in [2.45, 2.75) is 19.1 Å². The van der Waals surface area contributed by atoms with Gasteiger partial charge < -0.3 is 15.5 Å². The predicted molar refractivity (Wildman–Crippen MR) is 59.8 cm³/mol. The van der Waals surface area contributed by atoms with E-state index in [2.05, 4.69) is 10.3 Å². The molecule has 1 aromatic rings. The Labute approximate surface area is 102 Å². The maximum atomic E-state index is 11.6. The van der Waals surface area contributed by atoms with Crippen molar-refractivity contribution in [3.05, 3.63) is 29.0 Å². The minimum absolute atomic E-state index is 0.126. The first-order valence-corrected chi connectivity index (χ1v) is 5.13. The van der Waals surface area contributed by atoms with Gasteiger partial charge in [0, 0.05) is 11.8 Å². The number of aliphatic hydroxyl groups excluding tert-OH is 1. The lowest BCUT2D eigenvalue weighted by Gasteiger charge is -2.16. The van der Waals surface area contributed by atoms with E-state index < -0.39 is 24.0 Å². The Morgan fingerprint density at radius 3 is 2.65 bits per heavy atom. The molecular weight excluding hydrogens is 248 g/mol. The molecule has 1 rings (SSSR count). The summed E-state index contributed by atoms with van der Waals surface area (Å²) in [5, 5.41) is 20.3. The highest BCUT2D eigenvalue weighted by Crippen LogP contribution is 2.07. The molecule has 7 heteroatoms. The number of aromatic nitrogens is 1. The molecule has 17 heavy (non-hydrogen) atoms. The van der Waals surface area contributed by atoms with E-state index in [0.717, 1.165) is 0 Å². The summed E-state index contributed by atoms with van der Waals surface area (Å²) in [6.45, 7) is 1.28. The minimum Gasteiger partial charge on any atom is -0.480 e. The minimum atomic E-state index is -1.37. The fourth-order valence-corrected chi connectivity index (χ4v) is 1.33. The van der Waals surface area contributed by atoms with E-state index in [0.29, 0.717) is 0 Å². The van der Waals surface area contributed by atoms with Crippen molar-refractivity contribution >= 4 is 23.5 Å². The van der Waals surface area contributed by atoms with E-state index in [-0.39, 0.29) is 10.7 Å². The summed E-state index contributed by atoms with van der Waals surface area (Å²) >= 11 is 5.59. The Hall–Kier alpha value is -1.66. The van der Waals surface area contributed by atoms with E-state index in [1.54, 1.807) is 0 Å². The van der Waals surface area contributed by atoms with E-state index in [1.807, 2.05) is 0 Å². The topological polar surface area (TPSA) is 99.5 Å². The van der Waals surface area contributed by atoms with Crippen LogP contribution in [0.4, 0.5) is 0 Å². The van der Waals surface area contributed by atoms with Gasteiger partial charge in [0.1, 0.15) is 5.15 Å². The molecule has 2 unspecified atom stereocenters. The molecule has 0 saturated heterocycles. The summed E-state index contributed by atoms with van der Waals surface area (Å²) in [4.78, 5) is 26.1. The first kappa shape index (κ1) is 13.4. The predicted octanol–water partition coefficient (Wildman–Crippen LogP) is 0.299. The van der Waals surface area contributed by atoms with Crippen molar-refractivity contribution < 1.29 is 19.8 Å². The normalized spacial score (nSPS) is 13.8. The van der Waals surface area contributed by atoms with Gasteiger partial charge in [-0.1, -0.05) is 11.6 Å². The van der Waals surface area contributed by atoms with E-state index >= 15 is 0 Å². The molecule has 3 N–H and O–H groups in total. The van der Waals surface area contributed by atoms with Gasteiger partial charge in [-0.25, -0.2) is 9.78 Å². The van der Waals surface area contributed by atoms with Crippen LogP contribution in [0.2, 0.25) is 5.15 Å². The molecule has 0 aliphatic carbocycles. The highest BCUT2D eigenvalue weighted by Gasteiger charge is 2.25. The largest absolute Gasteiger partial charge is 0.480 e. The lowest BCUT2D eigenvalue weighted by atomic mass is 10.1. The van der Waals surface area contributed by atoms with Crippen molar-refractivity contribution in [3.8, 4) is 0 Å². The van der Waals surface area contributed by atoms with E-state index in [4.69, 9.17) is 16.7 Å². The Morgan fingerprint density at radius 1 is 1.53 bits per heavy atom. The quantitative estimate of drug-likeness (QED) is 0.675. The van der Waals surface area contributed by atoms with Crippen molar-refractivity contribution in [2.75, 3.05) is 0 Å². The van der Waals surface area contributed by atoms with Gasteiger partial charge in [-0.05, 0) is 19.1 Å². The SMILES string of the molecule is CC(O)C(NC(=O)c1ccnc(Cl)c1)C(=O)O. The molecule has 6 nitrogen and oxygen atoms in total. The van der Waals surface area contributed by atoms with Gasteiger partial charge in [0.15, 0.2) is 6.04 Å². The summed E-state index contributed by atoms with van der Waals surface area (Å²) in [5.41, 5.74) is 0.178. The monoisotopic (exact) mass is 258 g/mol. The van der Waals surface area contributed by atoms with Crippen molar-refractivity contribution in [1.29, 1.82) is 0 Å². The summed E-state index contributed by atoms with van der Waals surface area (Å²) in [7, 11) is 0. The third kappa shape index (κ3) is 3.69. The van der Waals surface area contributed by atoms with Crippen LogP contribution in [-0.2, 0) is 4.79 Å². The fraction of sp³-hybridized carbons (Fsp3) is 0.300. The van der Waals surface area contributed by atoms with Gasteiger partial charge in [-0.15, -0.1) is 0 Å². The number of carboxylic acids is 1. The molecule has 0 bridgehead atoms. The van der Waals surface area contributed by atoms with Crippen molar-refractivity contribution in [2.24, 2.45) is 0 Å². The number of halogens is 1. The molecule has 1 heterocycles. The Bertz CT molecular complexity index is 436. The number of nitrogens with zero attached hydrogens (tertiary/aromatic N) is 1. The van der Waals surface area contributed by atoms with Crippen molar-refractivity contribution in [3.63, 3.8) is 0 Å². The van der Waals surface area contributed by atoms with Gasteiger partial charge in [0.2, 0.25) is 0 Å². The molecule has 0 aromatic carbocycles. The molecule has 2 atom stereocenters. The summed E-state index contributed by atoms with van der Waals surface area (Å²) in [6.07, 6.45) is 0.129. The third-order valence-electron chi connectivity index (χ3n) is 2.02.